The lowest BCUT2D eigenvalue weighted by Crippen LogP contribution is -2.18. The molecule has 0 fully saturated rings. The van der Waals surface area contributed by atoms with Crippen LogP contribution in [-0.2, 0) is 0 Å². The zero-order valence-corrected chi connectivity index (χ0v) is 5.20. The van der Waals surface area contributed by atoms with Crippen LogP contribution >= 0.6 is 11.6 Å². The average molecular weight is 152 g/mol. The summed E-state index contributed by atoms with van der Waals surface area (Å²) in [6.45, 7) is -0.206. The molecule has 50 valence electrons. The van der Waals surface area contributed by atoms with Gasteiger partial charge in [0.2, 0.25) is 5.13 Å². The van der Waals surface area contributed by atoms with Crippen molar-refractivity contribution in [3.63, 3.8) is 0 Å². The Morgan fingerprint density at radius 2 is 2.44 bits per heavy atom. The fourth-order valence-corrected chi connectivity index (χ4v) is 0.712. The third kappa shape index (κ3) is 1.75. The maximum Gasteiger partial charge on any atom is 0.224 e. The zero-order valence-electron chi connectivity index (χ0n) is 4.44. The molecule has 1 unspecified atom stereocenters. The predicted octanol–water partition coefficient (Wildman–Crippen LogP) is 1.83. The molecule has 4 heteroatoms. The van der Waals surface area contributed by atoms with E-state index in [1.807, 2.05) is 0 Å². The average Bonchev–Trinajstić information content (AvgIpc) is 1.60. The minimum Gasteiger partial charge on any atom is -0.285 e. The van der Waals surface area contributed by atoms with Crippen LogP contribution in [0.1, 0.15) is 0 Å². The van der Waals surface area contributed by atoms with E-state index in [0.717, 1.165) is 6.21 Å². The van der Waals surface area contributed by atoms with Crippen LogP contribution in [0.5, 0.6) is 0 Å². The van der Waals surface area contributed by atoms with Crippen LogP contribution in [0, 0.1) is 0 Å². The highest BCUT2D eigenvalue weighted by Gasteiger charge is 2.25. The van der Waals surface area contributed by atoms with Gasteiger partial charge in [0.25, 0.3) is 0 Å². The summed E-state index contributed by atoms with van der Waals surface area (Å²) in [7, 11) is 0. The molecule has 0 aliphatic carbocycles. The summed E-state index contributed by atoms with van der Waals surface area (Å²) in [5.74, 6) is -0.723. The third-order valence-electron chi connectivity index (χ3n) is 0.866. The molecule has 1 heterocycles. The maximum atomic E-state index is 12.5. The summed E-state index contributed by atoms with van der Waals surface area (Å²) in [6.07, 6.45) is 1.64. The van der Waals surface area contributed by atoms with Crippen molar-refractivity contribution < 1.29 is 8.78 Å². The number of rotatable bonds is 0. The summed E-state index contributed by atoms with van der Waals surface area (Å²) < 4.78 is 24.5. The lowest BCUT2D eigenvalue weighted by molar-refractivity contribution is 0.348. The molecule has 0 saturated carbocycles. The van der Waals surface area contributed by atoms with Crippen molar-refractivity contribution in [3.8, 4) is 0 Å². The Hall–Kier alpha value is -0.440. The topological polar surface area (TPSA) is 12.4 Å². The molecule has 0 aromatic carbocycles. The maximum absolute atomic E-state index is 12.5. The molecule has 0 bridgehead atoms. The first-order valence-electron chi connectivity index (χ1n) is 2.36. The largest absolute Gasteiger partial charge is 0.285 e. The van der Waals surface area contributed by atoms with Gasteiger partial charge in [-0.05, 0) is 0 Å². The number of allylic oxidation sites excluding steroid dienone is 1. The van der Waals surface area contributed by atoms with Gasteiger partial charge in [-0.1, -0.05) is 11.6 Å². The van der Waals surface area contributed by atoms with Crippen LogP contribution in [0.2, 0.25) is 0 Å². The van der Waals surface area contributed by atoms with Gasteiger partial charge in [0.05, 0.1) is 12.8 Å². The van der Waals surface area contributed by atoms with Crippen molar-refractivity contribution in [3.05, 3.63) is 11.9 Å². The van der Waals surface area contributed by atoms with Crippen molar-refractivity contribution in [2.75, 3.05) is 6.54 Å². The molecule has 0 aromatic heterocycles. The van der Waals surface area contributed by atoms with Crippen molar-refractivity contribution >= 4 is 17.8 Å². The van der Waals surface area contributed by atoms with Gasteiger partial charge in [0, 0.05) is 6.08 Å². The molecule has 9 heavy (non-hydrogen) atoms. The normalized spacial score (nSPS) is 34.3. The number of dihydropyridines is 1. The van der Waals surface area contributed by atoms with Crippen molar-refractivity contribution in [2.24, 2.45) is 4.99 Å². The van der Waals surface area contributed by atoms with E-state index in [9.17, 15) is 8.78 Å². The Morgan fingerprint density at radius 3 is 2.78 bits per heavy atom. The molecule has 0 N–H and O–H groups in total. The minimum absolute atomic E-state index is 0.206. The molecule has 0 radical (unpaired) electrons. The van der Waals surface area contributed by atoms with Gasteiger partial charge in [-0.25, -0.2) is 8.78 Å². The van der Waals surface area contributed by atoms with Crippen molar-refractivity contribution in [1.82, 2.24) is 0 Å². The van der Waals surface area contributed by atoms with Crippen LogP contribution in [-0.4, -0.2) is 17.9 Å². The highest BCUT2D eigenvalue weighted by Crippen LogP contribution is 2.23. The van der Waals surface area contributed by atoms with E-state index in [4.69, 9.17) is 11.6 Å². The number of hydrogen-bond acceptors (Lipinski definition) is 1. The SMILES string of the molecule is FC1=CC(F)(Cl)CN=C1. The summed E-state index contributed by atoms with van der Waals surface area (Å²) in [5.41, 5.74) is 0. The summed E-state index contributed by atoms with van der Waals surface area (Å²) >= 11 is 5.07. The van der Waals surface area contributed by atoms with Crippen LogP contribution in [0.4, 0.5) is 8.78 Å². The van der Waals surface area contributed by atoms with Crippen LogP contribution in [0.3, 0.4) is 0 Å². The molecule has 0 amide bonds. The second-order valence-corrected chi connectivity index (χ2v) is 2.39. The first kappa shape index (κ1) is 6.68. The quantitative estimate of drug-likeness (QED) is 0.469. The zero-order chi connectivity index (χ0) is 6.91. The van der Waals surface area contributed by atoms with Gasteiger partial charge in [0.15, 0.2) is 0 Å². The smallest absolute Gasteiger partial charge is 0.224 e. The molecule has 0 spiro atoms. The van der Waals surface area contributed by atoms with Crippen molar-refractivity contribution in [1.29, 1.82) is 0 Å². The Bertz CT molecular complexity index is 174. The van der Waals surface area contributed by atoms with Crippen molar-refractivity contribution in [2.45, 2.75) is 5.13 Å². The van der Waals surface area contributed by atoms with Crippen LogP contribution in [0.15, 0.2) is 16.9 Å². The summed E-state index contributed by atoms with van der Waals surface area (Å²) in [4.78, 5) is 3.34. The minimum atomic E-state index is -2.11. The summed E-state index contributed by atoms with van der Waals surface area (Å²) in [5, 5.41) is -2.11. The van der Waals surface area contributed by atoms with Crippen LogP contribution < -0.4 is 0 Å². The first-order valence-corrected chi connectivity index (χ1v) is 2.74. The van der Waals surface area contributed by atoms with E-state index in [1.165, 1.54) is 0 Å². The van der Waals surface area contributed by atoms with Crippen LogP contribution in [0.25, 0.3) is 0 Å². The van der Waals surface area contributed by atoms with E-state index < -0.39 is 11.0 Å². The lowest BCUT2D eigenvalue weighted by Gasteiger charge is -2.12. The number of halogens is 3. The molecule has 1 atom stereocenters. The monoisotopic (exact) mass is 151 g/mol. The molecule has 1 rings (SSSR count). The van der Waals surface area contributed by atoms with E-state index in [-0.39, 0.29) is 6.54 Å². The van der Waals surface area contributed by atoms with E-state index in [0.29, 0.717) is 6.08 Å². The molecule has 0 aromatic rings. The first-order chi connectivity index (χ1) is 4.10. The number of aliphatic imine (C=N–C) groups is 1. The second kappa shape index (κ2) is 2.06. The highest BCUT2D eigenvalue weighted by molar-refractivity contribution is 6.24. The molecule has 0 saturated heterocycles. The van der Waals surface area contributed by atoms with E-state index in [2.05, 4.69) is 4.99 Å². The second-order valence-electron chi connectivity index (χ2n) is 1.76. The number of hydrogen-bond donors (Lipinski definition) is 0. The predicted molar refractivity (Wildman–Crippen MR) is 32.2 cm³/mol. The van der Waals surface area contributed by atoms with Gasteiger partial charge in [-0.15, -0.1) is 0 Å². The Labute approximate surface area is 56.0 Å². The van der Waals surface area contributed by atoms with Gasteiger partial charge in [-0.3, -0.25) is 4.99 Å². The molecule has 1 aliphatic heterocycles. The molecular weight excluding hydrogens is 148 g/mol. The Balaban J connectivity index is 2.78. The number of nitrogens with zero attached hydrogens (tertiary/aromatic N) is 1. The Kier molecular flexibility index (Phi) is 1.53. The van der Waals surface area contributed by atoms with E-state index >= 15 is 0 Å². The van der Waals surface area contributed by atoms with Gasteiger partial charge < -0.3 is 0 Å². The van der Waals surface area contributed by atoms with Gasteiger partial charge in [0.1, 0.15) is 5.83 Å². The molecule has 1 aliphatic rings. The molecule has 1 nitrogen and oxygen atoms in total. The standard InChI is InChI=1S/C5H4ClF2N/c6-5(8)1-4(7)2-9-3-5/h1-2H,3H2. The lowest BCUT2D eigenvalue weighted by atomic mass is 10.3. The third-order valence-corrected chi connectivity index (χ3v) is 1.09. The highest BCUT2D eigenvalue weighted by atomic mass is 35.5. The van der Waals surface area contributed by atoms with Gasteiger partial charge in [-0.2, -0.15) is 0 Å². The van der Waals surface area contributed by atoms with E-state index in [1.54, 1.807) is 0 Å². The van der Waals surface area contributed by atoms with Gasteiger partial charge >= 0.3 is 0 Å². The fraction of sp³-hybridized carbons (Fsp3) is 0.400. The Morgan fingerprint density at radius 1 is 1.78 bits per heavy atom. The molecular formula is C5H4ClF2N. The fourth-order valence-electron chi connectivity index (χ4n) is 0.539. The number of alkyl halides is 2. The summed E-state index contributed by atoms with van der Waals surface area (Å²) in [6, 6.07) is 0.